The molecule has 0 radical (unpaired) electrons. The maximum atomic E-state index is 5.68. The van der Waals surface area contributed by atoms with E-state index in [1.807, 2.05) is 0 Å². The van der Waals surface area contributed by atoms with Crippen molar-refractivity contribution >= 4 is 59.5 Å². The van der Waals surface area contributed by atoms with Gasteiger partial charge in [0.15, 0.2) is 0 Å². The van der Waals surface area contributed by atoms with Crippen molar-refractivity contribution in [2.75, 3.05) is 26.4 Å². The second kappa shape index (κ2) is 27.3. The summed E-state index contributed by atoms with van der Waals surface area (Å²) >= 11 is 21.0. The van der Waals surface area contributed by atoms with Crippen LogP contribution in [0.4, 0.5) is 0 Å². The van der Waals surface area contributed by atoms with Crippen LogP contribution in [0, 0.1) is 23.7 Å². The van der Waals surface area contributed by atoms with Crippen LogP contribution in [0.25, 0.3) is 0 Å². The minimum atomic E-state index is -2.43. The molecule has 0 heterocycles. The van der Waals surface area contributed by atoms with Crippen molar-refractivity contribution in [3.8, 4) is 0 Å². The van der Waals surface area contributed by atoms with Gasteiger partial charge in [0.05, 0.1) is 37.8 Å². The molecule has 0 saturated carbocycles. The SMILES string of the molecule is CCCCC(CC)COP(=S)([S-])OCCC(C)C.CCCCC(CC)COP(=S)([S-])OCCC(C)C.[Zn+2]. The summed E-state index contributed by atoms with van der Waals surface area (Å²) in [5, 5.41) is 0. The van der Waals surface area contributed by atoms with Crippen LogP contribution in [-0.4, -0.2) is 26.4 Å². The Balaban J connectivity index is -0.000000608. The molecule has 0 aliphatic carbocycles. The molecule has 0 saturated heterocycles. The van der Waals surface area contributed by atoms with E-state index in [-0.39, 0.29) is 19.5 Å². The Bertz CT molecular complexity index is 551. The fourth-order valence-electron chi connectivity index (χ4n) is 3.06. The Hall–Kier alpha value is 2.46. The molecule has 4 nitrogen and oxygen atoms in total. The molecule has 0 rings (SSSR count). The summed E-state index contributed by atoms with van der Waals surface area (Å²) < 4.78 is 22.5. The molecule has 0 aliphatic heterocycles. The van der Waals surface area contributed by atoms with Gasteiger partial charge >= 0.3 is 19.5 Å². The van der Waals surface area contributed by atoms with Crippen molar-refractivity contribution in [1.82, 2.24) is 0 Å². The van der Waals surface area contributed by atoms with Gasteiger partial charge in [-0.05, 0) is 49.4 Å². The second-order valence-electron chi connectivity index (χ2n) is 10.4. The molecule has 0 bridgehead atoms. The second-order valence-corrected chi connectivity index (χ2v) is 20.3. The summed E-state index contributed by atoms with van der Waals surface area (Å²) in [5.41, 5.74) is -4.86. The molecular weight excluding hydrogens is 632 g/mol. The fraction of sp³-hybridized carbons (Fsp3) is 1.00. The zero-order valence-electron chi connectivity index (χ0n) is 25.1. The largest absolute Gasteiger partial charge is 2.00 e. The van der Waals surface area contributed by atoms with Gasteiger partial charge in [-0.15, -0.1) is 0 Å². The molecule has 0 aromatic carbocycles. The third kappa shape index (κ3) is 31.2. The van der Waals surface area contributed by atoms with Gasteiger partial charge in [-0.2, -0.15) is 0 Å². The Labute approximate surface area is 265 Å². The van der Waals surface area contributed by atoms with E-state index in [0.29, 0.717) is 50.1 Å². The van der Waals surface area contributed by atoms with Gasteiger partial charge in [0.25, 0.3) is 0 Å². The van der Waals surface area contributed by atoms with Crippen molar-refractivity contribution in [2.24, 2.45) is 23.7 Å². The van der Waals surface area contributed by atoms with Gasteiger partial charge in [0, 0.05) is 0 Å². The van der Waals surface area contributed by atoms with Crippen LogP contribution in [0.1, 0.15) is 120 Å². The molecule has 0 spiro atoms. The maximum Gasteiger partial charge on any atom is 2.00 e. The van der Waals surface area contributed by atoms with Crippen LogP contribution in [0.5, 0.6) is 0 Å². The zero-order valence-corrected chi connectivity index (χ0v) is 33.1. The standard InChI is InChI=1S/2C13H29O2PS2.Zn/c2*1-5-7-8-13(6-2)11-15-16(17,18)14-10-9-12(3)4;/h2*12-13H,5-11H2,1-4H3,(H,17,18);/q;;+2/p-2. The number of rotatable bonds is 22. The van der Waals surface area contributed by atoms with E-state index < -0.39 is 11.4 Å². The summed E-state index contributed by atoms with van der Waals surface area (Å²) in [4.78, 5) is 0. The molecule has 4 atom stereocenters. The summed E-state index contributed by atoms with van der Waals surface area (Å²) in [7, 11) is 0. The molecule has 4 unspecified atom stereocenters. The molecule has 11 heteroatoms. The van der Waals surface area contributed by atoms with Crippen LogP contribution in [0.2, 0.25) is 0 Å². The summed E-state index contributed by atoms with van der Waals surface area (Å²) in [6.45, 7) is 20.0. The molecule has 220 valence electrons. The van der Waals surface area contributed by atoms with Gasteiger partial charge in [0.1, 0.15) is 0 Å². The van der Waals surface area contributed by atoms with Gasteiger partial charge in [-0.25, -0.2) is 0 Å². The minimum Gasteiger partial charge on any atom is -0.691 e. The fourth-order valence-corrected chi connectivity index (χ4v) is 6.28. The molecule has 0 aromatic rings. The predicted molar refractivity (Wildman–Crippen MR) is 173 cm³/mol. The molecule has 0 aliphatic rings. The van der Waals surface area contributed by atoms with E-state index in [4.69, 9.17) is 66.2 Å². The maximum absolute atomic E-state index is 5.68. The molecule has 0 aromatic heterocycles. The summed E-state index contributed by atoms with van der Waals surface area (Å²) in [5.74, 6) is 2.37. The number of unbranched alkanes of at least 4 members (excludes halogenated alkanes) is 2. The first-order chi connectivity index (χ1) is 16.8. The zero-order chi connectivity index (χ0) is 28.0. The van der Waals surface area contributed by atoms with Crippen molar-refractivity contribution in [2.45, 2.75) is 120 Å². The van der Waals surface area contributed by atoms with Crippen LogP contribution in [-0.2, 0) is 85.7 Å². The topological polar surface area (TPSA) is 36.9 Å². The molecule has 0 amide bonds. The van der Waals surface area contributed by atoms with E-state index in [1.165, 1.54) is 38.5 Å². The van der Waals surface area contributed by atoms with Crippen molar-refractivity contribution in [3.05, 3.63) is 0 Å². The first kappa shape index (κ1) is 43.9. The van der Waals surface area contributed by atoms with Crippen molar-refractivity contribution < 1.29 is 37.6 Å². The predicted octanol–water partition coefficient (Wildman–Crippen LogP) is 10.1. The molecule has 37 heavy (non-hydrogen) atoms. The van der Waals surface area contributed by atoms with Crippen molar-refractivity contribution in [1.29, 1.82) is 0 Å². The van der Waals surface area contributed by atoms with Gasteiger partial charge in [0.2, 0.25) is 0 Å². The van der Waals surface area contributed by atoms with E-state index in [0.717, 1.165) is 25.7 Å². The normalized spacial score (nSPS) is 16.3. The Morgan fingerprint density at radius 3 is 1.16 bits per heavy atom. The van der Waals surface area contributed by atoms with Crippen LogP contribution in [0.15, 0.2) is 0 Å². The molecule has 0 N–H and O–H groups in total. The first-order valence-electron chi connectivity index (χ1n) is 14.0. The van der Waals surface area contributed by atoms with E-state index in [1.54, 1.807) is 0 Å². The average molecular weight is 688 g/mol. The summed E-state index contributed by atoms with van der Waals surface area (Å²) in [6, 6.07) is 0. The monoisotopic (exact) mass is 686 g/mol. The Morgan fingerprint density at radius 2 is 0.919 bits per heavy atom. The van der Waals surface area contributed by atoms with Crippen LogP contribution < -0.4 is 0 Å². The number of hydrogen-bond acceptors (Lipinski definition) is 8. The minimum absolute atomic E-state index is 0. The third-order valence-corrected chi connectivity index (χ3v) is 10.4. The van der Waals surface area contributed by atoms with Crippen molar-refractivity contribution in [3.63, 3.8) is 0 Å². The molecule has 0 fully saturated rings. The van der Waals surface area contributed by atoms with Gasteiger partial charge in [-0.3, -0.25) is 0 Å². The van der Waals surface area contributed by atoms with Gasteiger partial charge in [-0.1, -0.05) is 118 Å². The Morgan fingerprint density at radius 1 is 0.595 bits per heavy atom. The quantitative estimate of drug-likeness (QED) is 0.0633. The number of hydrogen-bond donors (Lipinski definition) is 0. The molecular formula is C26H56O4P2S4Zn. The third-order valence-electron chi connectivity index (χ3n) is 5.91. The Kier molecular flexibility index (Phi) is 32.4. The average Bonchev–Trinajstić information content (AvgIpc) is 2.79. The smallest absolute Gasteiger partial charge is 0.691 e. The van der Waals surface area contributed by atoms with Gasteiger partial charge < -0.3 is 42.6 Å². The summed E-state index contributed by atoms with van der Waals surface area (Å²) in [6.07, 6.45) is 11.6. The van der Waals surface area contributed by atoms with E-state index >= 15 is 0 Å². The van der Waals surface area contributed by atoms with E-state index in [2.05, 4.69) is 55.4 Å². The van der Waals surface area contributed by atoms with Crippen LogP contribution >= 0.6 is 11.4 Å². The van der Waals surface area contributed by atoms with E-state index in [9.17, 15) is 0 Å². The van der Waals surface area contributed by atoms with Crippen LogP contribution in [0.3, 0.4) is 0 Å². The first-order valence-corrected chi connectivity index (χ1v) is 21.3.